The Bertz CT molecular complexity index is 620. The predicted octanol–water partition coefficient (Wildman–Crippen LogP) is 2.52. The molecule has 0 saturated heterocycles. The van der Waals surface area contributed by atoms with Crippen LogP contribution in [0, 0.1) is 13.8 Å². The molecule has 0 atom stereocenters. The van der Waals surface area contributed by atoms with Gasteiger partial charge in [-0.15, -0.1) is 0 Å². The quantitative estimate of drug-likeness (QED) is 0.887. The summed E-state index contributed by atoms with van der Waals surface area (Å²) >= 11 is 0. The molecule has 0 unspecified atom stereocenters. The molecule has 2 rings (SSSR count). The van der Waals surface area contributed by atoms with E-state index in [0.29, 0.717) is 13.1 Å². The molecule has 0 saturated carbocycles. The summed E-state index contributed by atoms with van der Waals surface area (Å²) in [7, 11) is 1.93. The molecule has 5 nitrogen and oxygen atoms in total. The molecule has 0 amide bonds. The van der Waals surface area contributed by atoms with E-state index in [9.17, 15) is 4.79 Å². The molecule has 0 radical (unpaired) electrons. The van der Waals surface area contributed by atoms with Crippen molar-refractivity contribution in [1.29, 1.82) is 0 Å². The molecule has 0 bridgehead atoms. The van der Waals surface area contributed by atoms with Crippen molar-refractivity contribution in [3.05, 3.63) is 47.3 Å². The van der Waals surface area contributed by atoms with Crippen LogP contribution >= 0.6 is 0 Å². The van der Waals surface area contributed by atoms with E-state index in [-0.39, 0.29) is 6.42 Å². The minimum atomic E-state index is -0.782. The largest absolute Gasteiger partial charge is 0.481 e. The van der Waals surface area contributed by atoms with Crippen LogP contribution in [0.2, 0.25) is 0 Å². The number of carbonyl (C=O) groups is 1. The Hall–Kier alpha value is -2.30. The Labute approximate surface area is 124 Å². The minimum Gasteiger partial charge on any atom is -0.481 e. The van der Waals surface area contributed by atoms with Crippen LogP contribution < -0.4 is 4.90 Å². The molecule has 1 N–H and O–H groups in total. The van der Waals surface area contributed by atoms with Gasteiger partial charge in [0, 0.05) is 37.1 Å². The number of benzene rings is 1. The maximum atomic E-state index is 10.9. The average molecular weight is 287 g/mol. The van der Waals surface area contributed by atoms with E-state index in [0.717, 1.165) is 22.6 Å². The third-order valence-corrected chi connectivity index (χ3v) is 3.72. The fourth-order valence-electron chi connectivity index (χ4n) is 2.41. The van der Waals surface area contributed by atoms with E-state index in [1.54, 1.807) is 0 Å². The highest BCUT2D eigenvalue weighted by Crippen LogP contribution is 2.20. The molecule has 0 aliphatic heterocycles. The number of rotatable bonds is 6. The van der Waals surface area contributed by atoms with Gasteiger partial charge in [-0.2, -0.15) is 5.10 Å². The lowest BCUT2D eigenvalue weighted by atomic mass is 10.1. The van der Waals surface area contributed by atoms with Crippen LogP contribution in [0.1, 0.15) is 23.4 Å². The van der Waals surface area contributed by atoms with Gasteiger partial charge in [0.2, 0.25) is 0 Å². The lowest BCUT2D eigenvalue weighted by molar-refractivity contribution is -0.136. The molecule has 5 heteroatoms. The smallest absolute Gasteiger partial charge is 0.305 e. The third-order valence-electron chi connectivity index (χ3n) is 3.72. The summed E-state index contributed by atoms with van der Waals surface area (Å²) in [5.41, 5.74) is 4.29. The van der Waals surface area contributed by atoms with Crippen molar-refractivity contribution in [3.63, 3.8) is 0 Å². The number of carboxylic acids is 1. The van der Waals surface area contributed by atoms with Crippen LogP contribution in [0.25, 0.3) is 0 Å². The molecule has 2 aromatic rings. The highest BCUT2D eigenvalue weighted by molar-refractivity contribution is 5.67. The molecule has 1 aromatic carbocycles. The number of hydrogen-bond donors (Lipinski definition) is 1. The summed E-state index contributed by atoms with van der Waals surface area (Å²) in [5.74, 6) is -0.782. The number of aryl methyl sites for hydroxylation is 2. The van der Waals surface area contributed by atoms with Crippen molar-refractivity contribution < 1.29 is 9.90 Å². The van der Waals surface area contributed by atoms with Crippen LogP contribution in [-0.2, 0) is 18.4 Å². The van der Waals surface area contributed by atoms with Gasteiger partial charge in [-0.1, -0.05) is 18.2 Å². The van der Waals surface area contributed by atoms with E-state index in [4.69, 9.17) is 5.11 Å². The number of anilines is 1. The maximum Gasteiger partial charge on any atom is 0.305 e. The van der Waals surface area contributed by atoms with Gasteiger partial charge >= 0.3 is 5.97 Å². The lowest BCUT2D eigenvalue weighted by Crippen LogP contribution is -2.26. The summed E-state index contributed by atoms with van der Waals surface area (Å²) < 4.78 is 1.87. The normalized spacial score (nSPS) is 10.6. The molecule has 0 spiro atoms. The SMILES string of the molecule is Cc1nn(C)c(C)c1CN(CCC(=O)O)c1ccccc1. The van der Waals surface area contributed by atoms with Gasteiger partial charge in [0.15, 0.2) is 0 Å². The molecular weight excluding hydrogens is 266 g/mol. The van der Waals surface area contributed by atoms with Crippen LogP contribution in [0.3, 0.4) is 0 Å². The van der Waals surface area contributed by atoms with Gasteiger partial charge in [-0.3, -0.25) is 9.48 Å². The summed E-state index contributed by atoms with van der Waals surface area (Å²) in [4.78, 5) is 13.0. The third kappa shape index (κ3) is 3.62. The monoisotopic (exact) mass is 287 g/mol. The number of aliphatic carboxylic acids is 1. The molecular formula is C16H21N3O2. The van der Waals surface area contributed by atoms with Gasteiger partial charge < -0.3 is 10.0 Å². The predicted molar refractivity (Wildman–Crippen MR) is 82.4 cm³/mol. The fourth-order valence-corrected chi connectivity index (χ4v) is 2.41. The van der Waals surface area contributed by atoms with Crippen LogP contribution in [0.5, 0.6) is 0 Å². The molecule has 1 aromatic heterocycles. The van der Waals surface area contributed by atoms with Gasteiger partial charge in [0.1, 0.15) is 0 Å². The Morgan fingerprint density at radius 2 is 1.95 bits per heavy atom. The second-order valence-corrected chi connectivity index (χ2v) is 5.17. The van der Waals surface area contributed by atoms with Crippen molar-refractivity contribution in [3.8, 4) is 0 Å². The Morgan fingerprint density at radius 3 is 2.48 bits per heavy atom. The summed E-state index contributed by atoms with van der Waals surface area (Å²) in [6.07, 6.45) is 0.118. The first kappa shape index (κ1) is 15.1. The standard InChI is InChI=1S/C16H21N3O2/c1-12-15(13(2)18(3)17-12)11-19(10-9-16(20)21)14-7-5-4-6-8-14/h4-8H,9-11H2,1-3H3,(H,20,21). The van der Waals surface area contributed by atoms with E-state index >= 15 is 0 Å². The number of para-hydroxylation sites is 1. The van der Waals surface area contributed by atoms with Crippen LogP contribution in [0.15, 0.2) is 30.3 Å². The highest BCUT2D eigenvalue weighted by atomic mass is 16.4. The number of nitrogens with zero attached hydrogens (tertiary/aromatic N) is 3. The zero-order valence-corrected chi connectivity index (χ0v) is 12.7. The Balaban J connectivity index is 2.25. The second kappa shape index (κ2) is 6.43. The molecule has 21 heavy (non-hydrogen) atoms. The van der Waals surface area contributed by atoms with E-state index in [2.05, 4.69) is 10.00 Å². The minimum absolute atomic E-state index is 0.118. The number of hydrogen-bond acceptors (Lipinski definition) is 3. The van der Waals surface area contributed by atoms with Crippen molar-refractivity contribution in [2.75, 3.05) is 11.4 Å². The van der Waals surface area contributed by atoms with Crippen LogP contribution in [0.4, 0.5) is 5.69 Å². The summed E-state index contributed by atoms with van der Waals surface area (Å²) in [6.45, 7) is 5.17. The first-order chi connectivity index (χ1) is 9.99. The Morgan fingerprint density at radius 1 is 1.29 bits per heavy atom. The first-order valence-electron chi connectivity index (χ1n) is 7.00. The highest BCUT2D eigenvalue weighted by Gasteiger charge is 2.15. The molecule has 1 heterocycles. The lowest BCUT2D eigenvalue weighted by Gasteiger charge is -2.24. The van der Waals surface area contributed by atoms with Gasteiger partial charge in [-0.25, -0.2) is 0 Å². The summed E-state index contributed by atoms with van der Waals surface area (Å²) in [6, 6.07) is 9.89. The molecule has 112 valence electrons. The first-order valence-corrected chi connectivity index (χ1v) is 7.00. The van der Waals surface area contributed by atoms with Crippen molar-refractivity contribution >= 4 is 11.7 Å². The zero-order chi connectivity index (χ0) is 15.4. The van der Waals surface area contributed by atoms with E-state index < -0.39 is 5.97 Å². The average Bonchev–Trinajstić information content (AvgIpc) is 2.70. The summed E-state index contributed by atoms with van der Waals surface area (Å²) in [5, 5.41) is 13.4. The fraction of sp³-hybridized carbons (Fsp3) is 0.375. The van der Waals surface area contributed by atoms with E-state index in [1.807, 2.05) is 55.9 Å². The van der Waals surface area contributed by atoms with Gasteiger partial charge in [0.05, 0.1) is 12.1 Å². The molecule has 0 aliphatic carbocycles. The van der Waals surface area contributed by atoms with Crippen LogP contribution in [-0.4, -0.2) is 27.4 Å². The maximum absolute atomic E-state index is 10.9. The number of aromatic nitrogens is 2. The number of carboxylic acid groups (broad SMARTS) is 1. The molecule has 0 aliphatic rings. The van der Waals surface area contributed by atoms with Crippen molar-refractivity contribution in [2.45, 2.75) is 26.8 Å². The van der Waals surface area contributed by atoms with Gasteiger partial charge in [-0.05, 0) is 26.0 Å². The van der Waals surface area contributed by atoms with Crippen molar-refractivity contribution in [2.24, 2.45) is 7.05 Å². The zero-order valence-electron chi connectivity index (χ0n) is 12.7. The second-order valence-electron chi connectivity index (χ2n) is 5.17. The van der Waals surface area contributed by atoms with Crippen molar-refractivity contribution in [1.82, 2.24) is 9.78 Å². The van der Waals surface area contributed by atoms with Gasteiger partial charge in [0.25, 0.3) is 0 Å². The van der Waals surface area contributed by atoms with E-state index in [1.165, 1.54) is 0 Å². The topological polar surface area (TPSA) is 58.4 Å². The Kier molecular flexibility index (Phi) is 4.62. The molecule has 0 fully saturated rings.